The topological polar surface area (TPSA) is 46.6 Å². The Morgan fingerprint density at radius 3 is 2.33 bits per heavy atom. The molecule has 0 N–H and O–H groups in total. The van der Waals surface area contributed by atoms with E-state index >= 15 is 0 Å². The predicted octanol–water partition coefficient (Wildman–Crippen LogP) is 3.63. The smallest absolute Gasteiger partial charge is 0.245 e. The van der Waals surface area contributed by atoms with Gasteiger partial charge in [0.25, 0.3) is 0 Å². The van der Waals surface area contributed by atoms with Crippen LogP contribution < -0.4 is 0 Å². The van der Waals surface area contributed by atoms with Gasteiger partial charge in [0.05, 0.1) is 4.90 Å². The monoisotopic (exact) mass is 439 g/mol. The Morgan fingerprint density at radius 1 is 1.29 bits per heavy atom. The highest BCUT2D eigenvalue weighted by Gasteiger charge is 2.57. The molecule has 1 aromatic carbocycles. The highest BCUT2D eigenvalue weighted by molar-refractivity contribution is 9.25. The summed E-state index contributed by atoms with van der Waals surface area (Å²) in [6.07, 6.45) is 1.38. The summed E-state index contributed by atoms with van der Waals surface area (Å²) in [6, 6.07) is 6.89. The Morgan fingerprint density at radius 2 is 1.86 bits per heavy atom. The van der Waals surface area contributed by atoms with Crippen LogP contribution in [0.2, 0.25) is 0 Å². The van der Waals surface area contributed by atoms with E-state index in [1.54, 1.807) is 31.4 Å². The summed E-state index contributed by atoms with van der Waals surface area (Å²) in [7, 11) is -2.06. The van der Waals surface area contributed by atoms with Crippen LogP contribution in [0.4, 0.5) is 0 Å². The van der Waals surface area contributed by atoms with Crippen molar-refractivity contribution in [1.29, 1.82) is 0 Å². The highest BCUT2D eigenvalue weighted by atomic mass is 79.9. The molecule has 0 amide bonds. The number of rotatable bonds is 4. The van der Waals surface area contributed by atoms with Crippen LogP contribution in [-0.2, 0) is 14.8 Å². The molecule has 2 rings (SSSR count). The van der Waals surface area contributed by atoms with Gasteiger partial charge in [0.15, 0.2) is 5.72 Å². The van der Waals surface area contributed by atoms with Crippen LogP contribution in [0.15, 0.2) is 29.2 Å². The summed E-state index contributed by atoms with van der Waals surface area (Å²) in [6.45, 7) is 4.23. The molecule has 1 saturated heterocycles. The second kappa shape index (κ2) is 5.92. The van der Waals surface area contributed by atoms with E-state index in [1.165, 1.54) is 4.31 Å². The van der Waals surface area contributed by atoms with Gasteiger partial charge in [-0.2, -0.15) is 4.31 Å². The first-order valence-electron chi connectivity index (χ1n) is 6.68. The fourth-order valence-electron chi connectivity index (χ4n) is 2.74. The summed E-state index contributed by atoms with van der Waals surface area (Å²) in [5, 5.41) is 0. The van der Waals surface area contributed by atoms with Crippen LogP contribution in [0.25, 0.3) is 0 Å². The van der Waals surface area contributed by atoms with E-state index < -0.39 is 19.0 Å². The van der Waals surface area contributed by atoms with Gasteiger partial charge in [0, 0.05) is 13.7 Å². The average Bonchev–Trinajstić information content (AvgIpc) is 2.84. The molecule has 1 unspecified atom stereocenters. The van der Waals surface area contributed by atoms with E-state index in [0.29, 0.717) is 17.9 Å². The third kappa shape index (κ3) is 2.95. The molecule has 1 fully saturated rings. The second-order valence-corrected chi connectivity index (χ2v) is 11.5. The summed E-state index contributed by atoms with van der Waals surface area (Å²) in [5.74, 6) is 0. The van der Waals surface area contributed by atoms with Crippen LogP contribution >= 0.6 is 31.9 Å². The average molecular weight is 441 g/mol. The lowest BCUT2D eigenvalue weighted by atomic mass is 10.1. The summed E-state index contributed by atoms with van der Waals surface area (Å²) in [5.41, 5.74) is 0.0793. The van der Waals surface area contributed by atoms with Gasteiger partial charge in [-0.3, -0.25) is 0 Å². The Labute approximate surface area is 143 Å². The lowest BCUT2D eigenvalue weighted by Crippen LogP contribution is -2.57. The van der Waals surface area contributed by atoms with Crippen LogP contribution in [0.3, 0.4) is 0 Å². The molecule has 1 heterocycles. The molecule has 0 saturated carbocycles. The van der Waals surface area contributed by atoms with Crippen molar-refractivity contribution in [2.75, 3.05) is 13.7 Å². The van der Waals surface area contributed by atoms with Crippen molar-refractivity contribution < 1.29 is 13.2 Å². The number of hydrogen-bond acceptors (Lipinski definition) is 3. The van der Waals surface area contributed by atoms with Gasteiger partial charge >= 0.3 is 0 Å². The van der Waals surface area contributed by atoms with Crippen molar-refractivity contribution in [3.05, 3.63) is 29.8 Å². The SMILES string of the molecule is COC1(C(C)(Br)Br)CCCN1S(=O)(=O)c1ccc(C)cc1. The number of alkyl halides is 2. The zero-order chi connectivity index (χ0) is 15.9. The highest BCUT2D eigenvalue weighted by Crippen LogP contribution is 2.49. The standard InChI is InChI=1S/C14H19Br2NO3S/c1-11-5-7-12(8-6-11)21(18,19)17-10-4-9-14(17,20-3)13(2,15)16/h5-8H,4,9-10H2,1-3H3. The molecule has 118 valence electrons. The van der Waals surface area contributed by atoms with Crippen LogP contribution in [0, 0.1) is 6.92 Å². The Kier molecular flexibility index (Phi) is 4.91. The first kappa shape index (κ1) is 17.4. The quantitative estimate of drug-likeness (QED) is 0.671. The largest absolute Gasteiger partial charge is 0.360 e. The molecule has 1 aliphatic heterocycles. The number of hydrogen-bond donors (Lipinski definition) is 0. The zero-order valence-corrected chi connectivity index (χ0v) is 16.3. The van der Waals surface area contributed by atoms with Crippen LogP contribution in [0.1, 0.15) is 25.3 Å². The normalized spacial score (nSPS) is 24.4. The lowest BCUT2D eigenvalue weighted by molar-refractivity contribution is -0.0758. The molecule has 7 heteroatoms. The molecule has 21 heavy (non-hydrogen) atoms. The maximum absolute atomic E-state index is 13.0. The van der Waals surface area contributed by atoms with E-state index in [4.69, 9.17) is 4.74 Å². The van der Waals surface area contributed by atoms with Crippen molar-refractivity contribution in [2.24, 2.45) is 0 Å². The van der Waals surface area contributed by atoms with E-state index in [1.807, 2.05) is 13.8 Å². The minimum absolute atomic E-state index is 0.292. The molecule has 1 aliphatic rings. The van der Waals surface area contributed by atoms with Gasteiger partial charge in [0.2, 0.25) is 10.0 Å². The third-order valence-electron chi connectivity index (χ3n) is 3.91. The number of sulfonamides is 1. The molecule has 1 atom stereocenters. The van der Waals surface area contributed by atoms with Crippen molar-refractivity contribution >= 4 is 41.9 Å². The molecule has 4 nitrogen and oxygen atoms in total. The van der Waals surface area contributed by atoms with Gasteiger partial charge in [-0.1, -0.05) is 49.6 Å². The summed E-state index contributed by atoms with van der Waals surface area (Å²) in [4.78, 5) is 0.292. The molecule has 0 radical (unpaired) electrons. The van der Waals surface area contributed by atoms with Crippen LogP contribution in [-0.4, -0.2) is 35.3 Å². The fourth-order valence-corrected chi connectivity index (χ4v) is 5.96. The first-order chi connectivity index (χ1) is 9.65. The second-order valence-electron chi connectivity index (χ2n) is 5.37. The van der Waals surface area contributed by atoms with Gasteiger partial charge in [-0.25, -0.2) is 8.42 Å². The number of halogens is 2. The van der Waals surface area contributed by atoms with Crippen molar-refractivity contribution in [3.8, 4) is 0 Å². The minimum Gasteiger partial charge on any atom is -0.360 e. The molecule has 1 aromatic rings. The first-order valence-corrected chi connectivity index (χ1v) is 9.70. The maximum atomic E-state index is 13.0. The minimum atomic E-state index is -3.61. The number of aryl methyl sites for hydroxylation is 1. The van der Waals surface area contributed by atoms with Crippen molar-refractivity contribution in [2.45, 2.75) is 40.5 Å². The number of nitrogens with zero attached hydrogens (tertiary/aromatic N) is 1. The number of methoxy groups -OCH3 is 1. The van der Waals surface area contributed by atoms with Gasteiger partial charge in [0.1, 0.15) is 3.23 Å². The van der Waals surface area contributed by atoms with E-state index in [2.05, 4.69) is 31.9 Å². The van der Waals surface area contributed by atoms with Crippen molar-refractivity contribution in [3.63, 3.8) is 0 Å². The van der Waals surface area contributed by atoms with E-state index in [-0.39, 0.29) is 0 Å². The maximum Gasteiger partial charge on any atom is 0.245 e. The molecule has 0 spiro atoms. The summed E-state index contributed by atoms with van der Waals surface area (Å²) >= 11 is 7.05. The van der Waals surface area contributed by atoms with Gasteiger partial charge in [-0.05, 0) is 38.8 Å². The Bertz CT molecular complexity index is 610. The predicted molar refractivity (Wildman–Crippen MR) is 90.3 cm³/mol. The third-order valence-corrected chi connectivity index (χ3v) is 7.08. The van der Waals surface area contributed by atoms with Crippen molar-refractivity contribution in [1.82, 2.24) is 4.31 Å². The van der Waals surface area contributed by atoms with Gasteiger partial charge < -0.3 is 4.74 Å². The molecular formula is C14H19Br2NO3S. The fraction of sp³-hybridized carbons (Fsp3) is 0.571. The molecule has 0 aliphatic carbocycles. The van der Waals surface area contributed by atoms with Crippen LogP contribution in [0.5, 0.6) is 0 Å². The molecular weight excluding hydrogens is 422 g/mol. The number of ether oxygens (including phenoxy) is 1. The van der Waals surface area contributed by atoms with Gasteiger partial charge in [-0.15, -0.1) is 0 Å². The Balaban J connectivity index is 2.50. The van der Waals surface area contributed by atoms with E-state index in [9.17, 15) is 8.42 Å². The molecule has 0 bridgehead atoms. The van der Waals surface area contributed by atoms with E-state index in [0.717, 1.165) is 12.0 Å². The lowest BCUT2D eigenvalue weighted by Gasteiger charge is -2.43. The zero-order valence-electron chi connectivity index (χ0n) is 12.3. The Hall–Kier alpha value is 0.0500. The molecule has 0 aromatic heterocycles. The number of benzene rings is 1. The summed E-state index contributed by atoms with van der Waals surface area (Å²) < 4.78 is 32.4.